The van der Waals surface area contributed by atoms with E-state index in [4.69, 9.17) is 0 Å². The average Bonchev–Trinajstić information content (AvgIpc) is 2.84. The number of rotatable bonds is 7. The summed E-state index contributed by atoms with van der Waals surface area (Å²) in [5.41, 5.74) is 6.55. The second-order valence-electron chi connectivity index (χ2n) is 7.72. The molecule has 9 nitrogen and oxygen atoms in total. The third kappa shape index (κ3) is 5.00. The van der Waals surface area contributed by atoms with E-state index < -0.39 is 10.8 Å². The molecule has 0 radical (unpaired) electrons. The predicted molar refractivity (Wildman–Crippen MR) is 121 cm³/mol. The molecule has 1 saturated heterocycles. The van der Waals surface area contributed by atoms with Crippen molar-refractivity contribution in [3.8, 4) is 0 Å². The Morgan fingerprint density at radius 1 is 1.03 bits per heavy atom. The average molecular weight is 432 g/mol. The number of amides is 1. The maximum absolute atomic E-state index is 12.3. The number of nitrogens with zero attached hydrogens (tertiary/aromatic N) is 4. The van der Waals surface area contributed by atoms with Gasteiger partial charge in [0.1, 0.15) is 6.33 Å². The van der Waals surface area contributed by atoms with Crippen LogP contribution in [0.5, 0.6) is 0 Å². The summed E-state index contributed by atoms with van der Waals surface area (Å²) in [6, 6.07) is 18.9. The number of hydrogen-bond acceptors (Lipinski definition) is 7. The van der Waals surface area contributed by atoms with Crippen molar-refractivity contribution in [2.75, 3.05) is 23.4 Å². The monoisotopic (exact) mass is 432 g/mol. The summed E-state index contributed by atoms with van der Waals surface area (Å²) in [5, 5.41) is 11.9. The van der Waals surface area contributed by atoms with Crippen LogP contribution in [0.2, 0.25) is 0 Å². The van der Waals surface area contributed by atoms with Crippen molar-refractivity contribution in [3.63, 3.8) is 0 Å². The van der Waals surface area contributed by atoms with Crippen molar-refractivity contribution < 1.29 is 9.72 Å². The van der Waals surface area contributed by atoms with Crippen LogP contribution < -0.4 is 15.8 Å². The fourth-order valence-corrected chi connectivity index (χ4v) is 3.93. The summed E-state index contributed by atoms with van der Waals surface area (Å²) in [5.74, 6) is 0.328. The van der Waals surface area contributed by atoms with E-state index in [0.717, 1.165) is 19.3 Å². The molecule has 1 amide bonds. The van der Waals surface area contributed by atoms with Gasteiger partial charge in [-0.2, -0.15) is 0 Å². The second-order valence-corrected chi connectivity index (χ2v) is 7.72. The Hall–Kier alpha value is -4.01. The molecule has 3 aromatic rings. The third-order valence-electron chi connectivity index (χ3n) is 5.60. The summed E-state index contributed by atoms with van der Waals surface area (Å²) in [6.07, 6.45) is 4.11. The number of benzene rings is 2. The lowest BCUT2D eigenvalue weighted by Crippen LogP contribution is -2.36. The van der Waals surface area contributed by atoms with Crippen LogP contribution >= 0.6 is 0 Å². The fraction of sp³-hybridized carbons (Fsp3) is 0.261. The molecule has 2 aromatic carbocycles. The SMILES string of the molecule is O=C(NNc1ncnc(N2CCC(Cc3ccccc3)CC2)c1[N+](=O)[O-])c1ccccc1. The molecule has 0 aliphatic carbocycles. The Morgan fingerprint density at radius 3 is 2.34 bits per heavy atom. The van der Waals surface area contributed by atoms with E-state index in [2.05, 4.69) is 33.0 Å². The standard InChI is InChI=1S/C23H24N6O3/c30-23(19-9-5-2-6-10-19)27-26-21-20(29(31)32)22(25-16-24-21)28-13-11-18(12-14-28)15-17-7-3-1-4-8-17/h1-10,16,18H,11-15H2,(H,27,30)(H,24,25,26). The molecule has 32 heavy (non-hydrogen) atoms. The normalized spacial score (nSPS) is 14.1. The fourth-order valence-electron chi connectivity index (χ4n) is 3.93. The lowest BCUT2D eigenvalue weighted by Gasteiger charge is -2.32. The second kappa shape index (κ2) is 9.86. The van der Waals surface area contributed by atoms with Crippen LogP contribution in [-0.4, -0.2) is 33.9 Å². The van der Waals surface area contributed by atoms with Gasteiger partial charge >= 0.3 is 5.69 Å². The van der Waals surface area contributed by atoms with Gasteiger partial charge in [-0.3, -0.25) is 25.8 Å². The van der Waals surface area contributed by atoms with Crippen LogP contribution in [0.15, 0.2) is 67.0 Å². The van der Waals surface area contributed by atoms with Crippen molar-refractivity contribution in [1.82, 2.24) is 15.4 Å². The summed E-state index contributed by atoms with van der Waals surface area (Å²) >= 11 is 0. The molecule has 0 unspecified atom stereocenters. The van der Waals surface area contributed by atoms with Gasteiger partial charge in [0, 0.05) is 18.7 Å². The smallest absolute Gasteiger partial charge is 0.351 e. The maximum Gasteiger partial charge on any atom is 0.355 e. The Bertz CT molecular complexity index is 1070. The highest BCUT2D eigenvalue weighted by Gasteiger charge is 2.30. The molecule has 0 bridgehead atoms. The Morgan fingerprint density at radius 2 is 1.69 bits per heavy atom. The van der Waals surface area contributed by atoms with Gasteiger partial charge in [-0.25, -0.2) is 9.97 Å². The zero-order chi connectivity index (χ0) is 22.3. The van der Waals surface area contributed by atoms with Gasteiger partial charge < -0.3 is 4.90 Å². The molecule has 1 aliphatic rings. The molecule has 2 N–H and O–H groups in total. The molecule has 164 valence electrons. The van der Waals surface area contributed by atoms with Crippen molar-refractivity contribution in [1.29, 1.82) is 0 Å². The zero-order valence-electron chi connectivity index (χ0n) is 17.5. The van der Waals surface area contributed by atoms with Crippen LogP contribution in [0, 0.1) is 16.0 Å². The number of carbonyl (C=O) groups is 1. The first-order valence-corrected chi connectivity index (χ1v) is 10.5. The minimum absolute atomic E-state index is 0.0457. The topological polar surface area (TPSA) is 113 Å². The number of carbonyl (C=O) groups excluding carboxylic acids is 1. The number of nitro groups is 1. The van der Waals surface area contributed by atoms with Crippen LogP contribution in [-0.2, 0) is 6.42 Å². The molecule has 1 aromatic heterocycles. The zero-order valence-corrected chi connectivity index (χ0v) is 17.5. The molecule has 0 saturated carbocycles. The van der Waals surface area contributed by atoms with Gasteiger partial charge in [-0.05, 0) is 42.9 Å². The molecular formula is C23H24N6O3. The van der Waals surface area contributed by atoms with E-state index in [-0.39, 0.29) is 17.3 Å². The first-order chi connectivity index (χ1) is 15.6. The maximum atomic E-state index is 12.3. The molecule has 1 fully saturated rings. The van der Waals surface area contributed by atoms with Crippen molar-refractivity contribution >= 4 is 23.2 Å². The molecule has 2 heterocycles. The van der Waals surface area contributed by atoms with Gasteiger partial charge in [0.2, 0.25) is 11.6 Å². The van der Waals surface area contributed by atoms with E-state index in [1.165, 1.54) is 11.9 Å². The number of nitrogens with one attached hydrogen (secondary N) is 2. The molecule has 4 rings (SSSR count). The Kier molecular flexibility index (Phi) is 6.54. The molecule has 0 spiro atoms. The highest BCUT2D eigenvalue weighted by molar-refractivity contribution is 5.95. The van der Waals surface area contributed by atoms with Gasteiger partial charge in [-0.15, -0.1) is 0 Å². The van der Waals surface area contributed by atoms with Crippen LogP contribution in [0.25, 0.3) is 0 Å². The molecule has 1 aliphatic heterocycles. The largest absolute Gasteiger partial charge is 0.355 e. The van der Waals surface area contributed by atoms with Gasteiger partial charge in [0.15, 0.2) is 0 Å². The van der Waals surface area contributed by atoms with Gasteiger partial charge in [-0.1, -0.05) is 48.5 Å². The summed E-state index contributed by atoms with van der Waals surface area (Å²) < 4.78 is 0. The predicted octanol–water partition coefficient (Wildman–Crippen LogP) is 3.60. The molecule has 0 atom stereocenters. The number of anilines is 2. The first kappa shape index (κ1) is 21.2. The number of aromatic nitrogens is 2. The Balaban J connectivity index is 1.44. The number of hydrazine groups is 1. The van der Waals surface area contributed by atoms with E-state index in [0.29, 0.717) is 24.6 Å². The third-order valence-corrected chi connectivity index (χ3v) is 5.60. The number of hydrogen-bond donors (Lipinski definition) is 2. The van der Waals surface area contributed by atoms with Crippen LogP contribution in [0.3, 0.4) is 0 Å². The molecule has 9 heteroatoms. The minimum Gasteiger partial charge on any atom is -0.351 e. The molecular weight excluding hydrogens is 408 g/mol. The van der Waals surface area contributed by atoms with Crippen molar-refractivity contribution in [2.24, 2.45) is 5.92 Å². The highest BCUT2D eigenvalue weighted by atomic mass is 16.6. The quantitative estimate of drug-likeness (QED) is 0.433. The van der Waals surface area contributed by atoms with Gasteiger partial charge in [0.05, 0.1) is 4.92 Å². The van der Waals surface area contributed by atoms with E-state index in [1.807, 2.05) is 23.1 Å². The minimum atomic E-state index is -0.512. The Labute approximate surface area is 185 Å². The summed E-state index contributed by atoms with van der Waals surface area (Å²) in [6.45, 7) is 1.34. The van der Waals surface area contributed by atoms with E-state index in [1.54, 1.807) is 30.3 Å². The summed E-state index contributed by atoms with van der Waals surface area (Å²) in [4.78, 5) is 33.7. The van der Waals surface area contributed by atoms with E-state index in [9.17, 15) is 14.9 Å². The summed E-state index contributed by atoms with van der Waals surface area (Å²) in [7, 11) is 0. The lowest BCUT2D eigenvalue weighted by molar-refractivity contribution is -0.383. The van der Waals surface area contributed by atoms with Crippen LogP contribution in [0.4, 0.5) is 17.3 Å². The highest BCUT2D eigenvalue weighted by Crippen LogP contribution is 2.34. The van der Waals surface area contributed by atoms with Crippen LogP contribution in [0.1, 0.15) is 28.8 Å². The van der Waals surface area contributed by atoms with Crippen molar-refractivity contribution in [3.05, 3.63) is 88.2 Å². The first-order valence-electron chi connectivity index (χ1n) is 10.5. The van der Waals surface area contributed by atoms with Gasteiger partial charge in [0.25, 0.3) is 5.91 Å². The van der Waals surface area contributed by atoms with Crippen molar-refractivity contribution in [2.45, 2.75) is 19.3 Å². The van der Waals surface area contributed by atoms with E-state index >= 15 is 0 Å². The number of piperidine rings is 1. The lowest BCUT2D eigenvalue weighted by atomic mass is 9.90.